The second-order valence-corrected chi connectivity index (χ2v) is 7.42. The lowest BCUT2D eigenvalue weighted by Gasteiger charge is -2.11. The lowest BCUT2D eigenvalue weighted by atomic mass is 10.1. The Morgan fingerprint density at radius 2 is 1.50 bits per heavy atom. The van der Waals surface area contributed by atoms with E-state index in [9.17, 15) is 14.9 Å². The Bertz CT molecular complexity index is 1000. The number of nitro groups is 1. The number of carbonyl (C=O) groups excluding carboxylic acids is 1. The number of nitro benzene ring substituents is 1. The molecule has 0 aliphatic rings. The molecule has 2 N–H and O–H groups in total. The Morgan fingerprint density at radius 1 is 0.893 bits per heavy atom. The van der Waals surface area contributed by atoms with Crippen molar-refractivity contribution in [1.29, 1.82) is 0 Å². The van der Waals surface area contributed by atoms with Gasteiger partial charge in [-0.2, -0.15) is 0 Å². The molecule has 3 aromatic carbocycles. The summed E-state index contributed by atoms with van der Waals surface area (Å²) in [4.78, 5) is 24.4. The highest BCUT2D eigenvalue weighted by atomic mass is 32.2. The van der Waals surface area contributed by atoms with Crippen molar-refractivity contribution >= 4 is 34.9 Å². The quantitative estimate of drug-likeness (QED) is 0.411. The number of benzene rings is 3. The monoisotopic (exact) mass is 393 g/mol. The second-order valence-electron chi connectivity index (χ2n) is 6.27. The summed E-state index contributed by atoms with van der Waals surface area (Å²) in [5.74, 6) is 0. The van der Waals surface area contributed by atoms with Gasteiger partial charge in [0.1, 0.15) is 0 Å². The lowest BCUT2D eigenvalue weighted by Crippen LogP contribution is -2.19. The minimum atomic E-state index is -0.419. The maximum atomic E-state index is 12.2. The Hall–Kier alpha value is -3.32. The van der Waals surface area contributed by atoms with Gasteiger partial charge in [-0.1, -0.05) is 29.5 Å². The minimum absolute atomic E-state index is 0.0683. The van der Waals surface area contributed by atoms with E-state index in [1.54, 1.807) is 12.1 Å². The van der Waals surface area contributed by atoms with Gasteiger partial charge in [0, 0.05) is 33.3 Å². The van der Waals surface area contributed by atoms with E-state index >= 15 is 0 Å². The molecular formula is C21H19N3O3S. The van der Waals surface area contributed by atoms with E-state index in [4.69, 9.17) is 0 Å². The fourth-order valence-corrected chi connectivity index (χ4v) is 3.43. The van der Waals surface area contributed by atoms with Crippen molar-refractivity contribution < 1.29 is 9.72 Å². The molecule has 0 aromatic heterocycles. The third kappa shape index (κ3) is 5.11. The van der Waals surface area contributed by atoms with Gasteiger partial charge >= 0.3 is 6.03 Å². The van der Waals surface area contributed by atoms with Crippen LogP contribution < -0.4 is 10.6 Å². The standard InChI is InChI=1S/C21H19N3O3S/c1-14-3-12-20(15(2)13-14)23-21(25)22-16-4-8-18(9-5-16)28-19-10-6-17(7-11-19)24(26)27/h3-13H,1-2H3,(H2,22,23,25). The van der Waals surface area contributed by atoms with Gasteiger partial charge in [0.2, 0.25) is 0 Å². The summed E-state index contributed by atoms with van der Waals surface area (Å²) in [6.07, 6.45) is 0. The van der Waals surface area contributed by atoms with Crippen LogP contribution in [-0.4, -0.2) is 11.0 Å². The maximum Gasteiger partial charge on any atom is 0.323 e. The average molecular weight is 393 g/mol. The van der Waals surface area contributed by atoms with Crippen LogP contribution in [0.1, 0.15) is 11.1 Å². The van der Waals surface area contributed by atoms with Gasteiger partial charge in [-0.05, 0) is 61.9 Å². The summed E-state index contributed by atoms with van der Waals surface area (Å²) in [5.41, 5.74) is 3.66. The van der Waals surface area contributed by atoms with Crippen molar-refractivity contribution in [2.75, 3.05) is 10.6 Å². The Morgan fingerprint density at radius 3 is 2.07 bits per heavy atom. The Balaban J connectivity index is 1.59. The third-order valence-corrected chi connectivity index (χ3v) is 5.04. The highest BCUT2D eigenvalue weighted by Gasteiger charge is 2.07. The molecule has 0 atom stereocenters. The van der Waals surface area contributed by atoms with Crippen molar-refractivity contribution in [2.45, 2.75) is 23.6 Å². The van der Waals surface area contributed by atoms with Crippen molar-refractivity contribution in [2.24, 2.45) is 0 Å². The number of hydrogen-bond donors (Lipinski definition) is 2. The van der Waals surface area contributed by atoms with E-state index < -0.39 is 4.92 Å². The van der Waals surface area contributed by atoms with Gasteiger partial charge < -0.3 is 10.6 Å². The van der Waals surface area contributed by atoms with Gasteiger partial charge in [0.25, 0.3) is 5.69 Å². The van der Waals surface area contributed by atoms with E-state index in [0.29, 0.717) is 5.69 Å². The molecule has 3 rings (SSSR count). The van der Waals surface area contributed by atoms with Crippen LogP contribution in [0.5, 0.6) is 0 Å². The second kappa shape index (κ2) is 8.58. The Kier molecular flexibility index (Phi) is 5.96. The van der Waals surface area contributed by atoms with Gasteiger partial charge in [0.15, 0.2) is 0 Å². The van der Waals surface area contributed by atoms with Crippen LogP contribution in [0.15, 0.2) is 76.5 Å². The van der Waals surface area contributed by atoms with Crippen LogP contribution >= 0.6 is 11.8 Å². The zero-order chi connectivity index (χ0) is 20.1. The molecule has 6 nitrogen and oxygen atoms in total. The molecule has 7 heteroatoms. The first-order valence-corrected chi connectivity index (χ1v) is 9.40. The van der Waals surface area contributed by atoms with Gasteiger partial charge in [-0.25, -0.2) is 4.79 Å². The molecule has 2 amide bonds. The van der Waals surface area contributed by atoms with E-state index in [-0.39, 0.29) is 11.7 Å². The number of non-ortho nitro benzene ring substituents is 1. The summed E-state index contributed by atoms with van der Waals surface area (Å²) in [7, 11) is 0. The van der Waals surface area contributed by atoms with Crippen molar-refractivity contribution in [3.05, 3.63) is 88.0 Å². The fraction of sp³-hybridized carbons (Fsp3) is 0.0952. The highest BCUT2D eigenvalue weighted by molar-refractivity contribution is 7.99. The number of anilines is 2. The van der Waals surface area contributed by atoms with E-state index in [2.05, 4.69) is 10.6 Å². The molecule has 0 bridgehead atoms. The van der Waals surface area contributed by atoms with Crippen LogP contribution in [0.4, 0.5) is 21.9 Å². The first-order chi connectivity index (χ1) is 13.4. The molecule has 28 heavy (non-hydrogen) atoms. The summed E-state index contributed by atoms with van der Waals surface area (Å²) < 4.78 is 0. The number of aryl methyl sites for hydroxylation is 2. The molecule has 3 aromatic rings. The molecule has 142 valence electrons. The maximum absolute atomic E-state index is 12.2. The number of hydrogen-bond acceptors (Lipinski definition) is 4. The van der Waals surface area contributed by atoms with Crippen LogP contribution in [0.3, 0.4) is 0 Å². The molecule has 0 saturated heterocycles. The summed E-state index contributed by atoms with van der Waals surface area (Å²) in [6.45, 7) is 3.96. The molecule has 0 radical (unpaired) electrons. The average Bonchev–Trinajstić information content (AvgIpc) is 2.66. The van der Waals surface area contributed by atoms with Crippen LogP contribution in [0.25, 0.3) is 0 Å². The number of carbonyl (C=O) groups is 1. The first-order valence-electron chi connectivity index (χ1n) is 8.58. The topological polar surface area (TPSA) is 84.3 Å². The molecule has 0 fully saturated rings. The summed E-state index contributed by atoms with van der Waals surface area (Å²) in [5, 5.41) is 16.4. The number of rotatable bonds is 5. The fourth-order valence-electron chi connectivity index (χ4n) is 2.62. The molecule has 0 spiro atoms. The van der Waals surface area contributed by atoms with Crippen LogP contribution in [0.2, 0.25) is 0 Å². The largest absolute Gasteiger partial charge is 0.323 e. The molecule has 0 saturated carbocycles. The molecule has 0 heterocycles. The van der Waals surface area contributed by atoms with Gasteiger partial charge in [-0.3, -0.25) is 10.1 Å². The molecule has 0 unspecified atom stereocenters. The third-order valence-electron chi connectivity index (χ3n) is 4.03. The van der Waals surface area contributed by atoms with E-state index in [1.807, 2.05) is 56.3 Å². The molecule has 0 aliphatic heterocycles. The number of nitrogens with one attached hydrogen (secondary N) is 2. The zero-order valence-corrected chi connectivity index (χ0v) is 16.2. The predicted octanol–water partition coefficient (Wildman–Crippen LogP) is 6.01. The van der Waals surface area contributed by atoms with Crippen molar-refractivity contribution in [3.8, 4) is 0 Å². The number of urea groups is 1. The van der Waals surface area contributed by atoms with Crippen LogP contribution in [0, 0.1) is 24.0 Å². The number of nitrogens with zero attached hydrogens (tertiary/aromatic N) is 1. The van der Waals surface area contributed by atoms with Crippen molar-refractivity contribution in [3.63, 3.8) is 0 Å². The van der Waals surface area contributed by atoms with Crippen molar-refractivity contribution in [1.82, 2.24) is 0 Å². The predicted molar refractivity (Wildman–Crippen MR) is 112 cm³/mol. The summed E-state index contributed by atoms with van der Waals surface area (Å²) in [6, 6.07) is 19.3. The zero-order valence-electron chi connectivity index (χ0n) is 15.4. The normalized spacial score (nSPS) is 10.4. The van der Waals surface area contributed by atoms with Gasteiger partial charge in [0.05, 0.1) is 4.92 Å². The van der Waals surface area contributed by atoms with E-state index in [1.165, 1.54) is 23.9 Å². The van der Waals surface area contributed by atoms with Crippen LogP contribution in [-0.2, 0) is 0 Å². The Labute approximate surface area is 167 Å². The van der Waals surface area contributed by atoms with Gasteiger partial charge in [-0.15, -0.1) is 0 Å². The van der Waals surface area contributed by atoms with E-state index in [0.717, 1.165) is 26.6 Å². The smallest absolute Gasteiger partial charge is 0.308 e. The number of amides is 2. The summed E-state index contributed by atoms with van der Waals surface area (Å²) >= 11 is 1.49. The molecular weight excluding hydrogens is 374 g/mol. The minimum Gasteiger partial charge on any atom is -0.308 e. The first kappa shape index (κ1) is 19.4. The SMILES string of the molecule is Cc1ccc(NC(=O)Nc2ccc(Sc3ccc([N+](=O)[O-])cc3)cc2)c(C)c1. The molecule has 0 aliphatic carbocycles. The highest BCUT2D eigenvalue weighted by Crippen LogP contribution is 2.29. The lowest BCUT2D eigenvalue weighted by molar-refractivity contribution is -0.384.